The molecule has 0 saturated heterocycles. The second kappa shape index (κ2) is 10.7. The first-order valence-electron chi connectivity index (χ1n) is 12.8. The van der Waals surface area contributed by atoms with Crippen molar-refractivity contribution in [3.8, 4) is 0 Å². The number of nitrogens with one attached hydrogen (secondary N) is 1. The van der Waals surface area contributed by atoms with Gasteiger partial charge in [0.05, 0.1) is 28.3 Å². The van der Waals surface area contributed by atoms with Crippen LogP contribution in [0, 0.1) is 11.6 Å². The largest absolute Gasteiger partial charge is 0.360 e. The average molecular weight is 548 g/mol. The zero-order chi connectivity index (χ0) is 27.7. The number of hydrogen-bond donors (Lipinski definition) is 1. The molecule has 0 bridgehead atoms. The summed E-state index contributed by atoms with van der Waals surface area (Å²) in [6.07, 6.45) is 1.86. The topological polar surface area (TPSA) is 74.0 Å². The number of fused-ring (bicyclic) bond motifs is 2. The van der Waals surface area contributed by atoms with E-state index in [0.717, 1.165) is 34.3 Å². The van der Waals surface area contributed by atoms with E-state index in [1.807, 2.05) is 41.1 Å². The highest BCUT2D eigenvalue weighted by Gasteiger charge is 2.23. The molecule has 1 N–H and O–H groups in total. The smallest absolute Gasteiger partial charge is 0.261 e. The number of rotatable bonds is 9. The molecular formula is C29H31F2N5O2Si. The molecule has 0 aliphatic heterocycles. The van der Waals surface area contributed by atoms with Gasteiger partial charge < -0.3 is 10.1 Å². The van der Waals surface area contributed by atoms with Crippen molar-refractivity contribution < 1.29 is 18.3 Å². The van der Waals surface area contributed by atoms with Crippen LogP contribution in [-0.4, -0.2) is 40.1 Å². The van der Waals surface area contributed by atoms with E-state index in [1.165, 1.54) is 10.9 Å². The fourth-order valence-corrected chi connectivity index (χ4v) is 5.25. The zero-order valence-electron chi connectivity index (χ0n) is 22.5. The molecule has 5 rings (SSSR count). The SMILES string of the molecule is Cn1ncc2c(F)c(C(=O)Nc3ccc4c(c3)c(Cc3ccccc3)nn4COCC[Si](C)(C)C)c(F)cc21. The third kappa shape index (κ3) is 5.76. The van der Waals surface area contributed by atoms with Crippen LogP contribution in [-0.2, 0) is 24.9 Å². The van der Waals surface area contributed by atoms with E-state index in [-0.39, 0.29) is 10.9 Å². The average Bonchev–Trinajstić information content (AvgIpc) is 3.42. The fourth-order valence-electron chi connectivity index (χ4n) is 4.49. The van der Waals surface area contributed by atoms with Crippen molar-refractivity contribution in [2.45, 2.75) is 38.8 Å². The van der Waals surface area contributed by atoms with Crippen LogP contribution in [0.15, 0.2) is 60.8 Å². The molecular weight excluding hydrogens is 516 g/mol. The van der Waals surface area contributed by atoms with Crippen LogP contribution >= 0.6 is 0 Å². The number of aryl methyl sites for hydroxylation is 1. The van der Waals surface area contributed by atoms with Crippen LogP contribution in [0.4, 0.5) is 14.5 Å². The van der Waals surface area contributed by atoms with Crippen molar-refractivity contribution in [3.05, 3.63) is 89.2 Å². The van der Waals surface area contributed by atoms with Crippen molar-refractivity contribution in [3.63, 3.8) is 0 Å². The molecule has 0 saturated carbocycles. The van der Waals surface area contributed by atoms with Crippen molar-refractivity contribution in [1.29, 1.82) is 0 Å². The van der Waals surface area contributed by atoms with E-state index in [2.05, 4.69) is 30.1 Å². The van der Waals surface area contributed by atoms with E-state index in [9.17, 15) is 9.18 Å². The fraction of sp³-hybridized carbons (Fsp3) is 0.276. The van der Waals surface area contributed by atoms with E-state index in [0.29, 0.717) is 25.4 Å². The summed E-state index contributed by atoms with van der Waals surface area (Å²) in [4.78, 5) is 13.0. The Hall–Kier alpha value is -3.89. The van der Waals surface area contributed by atoms with Crippen LogP contribution in [0.25, 0.3) is 21.8 Å². The number of carbonyl (C=O) groups is 1. The number of halogens is 2. The molecule has 2 aromatic heterocycles. The predicted octanol–water partition coefficient (Wildman–Crippen LogP) is 6.36. The first-order chi connectivity index (χ1) is 18.6. The number of benzene rings is 3. The van der Waals surface area contributed by atoms with Crippen molar-refractivity contribution in [1.82, 2.24) is 19.6 Å². The lowest BCUT2D eigenvalue weighted by Gasteiger charge is -2.15. The number of carbonyl (C=O) groups excluding carboxylic acids is 1. The number of anilines is 1. The van der Waals surface area contributed by atoms with E-state index in [1.54, 1.807) is 19.2 Å². The lowest BCUT2D eigenvalue weighted by atomic mass is 10.1. The van der Waals surface area contributed by atoms with Gasteiger partial charge in [-0.3, -0.25) is 9.48 Å². The highest BCUT2D eigenvalue weighted by molar-refractivity contribution is 6.76. The van der Waals surface area contributed by atoms with Gasteiger partial charge in [-0.25, -0.2) is 13.5 Å². The Morgan fingerprint density at radius 3 is 2.54 bits per heavy atom. The Balaban J connectivity index is 1.45. The third-order valence-electron chi connectivity index (χ3n) is 6.68. The van der Waals surface area contributed by atoms with E-state index < -0.39 is 31.2 Å². The highest BCUT2D eigenvalue weighted by Crippen LogP contribution is 2.28. The van der Waals surface area contributed by atoms with Gasteiger partial charge in [-0.1, -0.05) is 50.0 Å². The van der Waals surface area contributed by atoms with Gasteiger partial charge in [0.15, 0.2) is 0 Å². The summed E-state index contributed by atoms with van der Waals surface area (Å²) in [6, 6.07) is 17.5. The molecule has 5 aromatic rings. The molecule has 0 aliphatic rings. The molecule has 0 unspecified atom stereocenters. The van der Waals surface area contributed by atoms with Gasteiger partial charge in [0.1, 0.15) is 23.9 Å². The summed E-state index contributed by atoms with van der Waals surface area (Å²) in [5, 5.41) is 12.4. The van der Waals surface area contributed by atoms with Crippen molar-refractivity contribution in [2.75, 3.05) is 11.9 Å². The minimum absolute atomic E-state index is 0.0834. The minimum Gasteiger partial charge on any atom is -0.360 e. The van der Waals surface area contributed by atoms with Gasteiger partial charge in [0, 0.05) is 45.3 Å². The normalized spacial score (nSPS) is 11.9. The van der Waals surface area contributed by atoms with Gasteiger partial charge in [-0.2, -0.15) is 10.2 Å². The highest BCUT2D eigenvalue weighted by atomic mass is 28.3. The molecule has 3 aromatic carbocycles. The molecule has 39 heavy (non-hydrogen) atoms. The van der Waals surface area contributed by atoms with Gasteiger partial charge in [0.2, 0.25) is 0 Å². The molecule has 10 heteroatoms. The monoisotopic (exact) mass is 547 g/mol. The van der Waals surface area contributed by atoms with E-state index in [4.69, 9.17) is 9.84 Å². The maximum Gasteiger partial charge on any atom is 0.261 e. The minimum atomic E-state index is -1.22. The summed E-state index contributed by atoms with van der Waals surface area (Å²) in [5.41, 5.74) is 2.79. The molecule has 0 radical (unpaired) electrons. The Morgan fingerprint density at radius 1 is 1.03 bits per heavy atom. The van der Waals surface area contributed by atoms with E-state index >= 15 is 4.39 Å². The van der Waals surface area contributed by atoms with Crippen LogP contribution < -0.4 is 5.32 Å². The summed E-state index contributed by atoms with van der Waals surface area (Å²) < 4.78 is 39.0. The summed E-state index contributed by atoms with van der Waals surface area (Å²) in [5.74, 6) is -2.76. The standard InChI is InChI=1S/C29H31F2N5O2Si/c1-35-26-16-23(30)27(28(31)22(26)17-32-35)29(37)33-20-10-11-25-21(15-20)24(14-19-8-6-5-7-9-19)34-36(25)18-38-12-13-39(2,3)4/h5-11,15-17H,12-14,18H2,1-4H3,(H,33,37). The molecule has 0 atom stereocenters. The van der Waals surface area contributed by atoms with Crippen molar-refractivity contribution in [2.24, 2.45) is 7.05 Å². The first-order valence-corrected chi connectivity index (χ1v) is 16.5. The maximum atomic E-state index is 15.1. The number of nitrogens with zero attached hydrogens (tertiary/aromatic N) is 4. The summed E-state index contributed by atoms with van der Waals surface area (Å²) in [6.45, 7) is 7.89. The number of ether oxygens (including phenoxy) is 1. The molecule has 7 nitrogen and oxygen atoms in total. The lowest BCUT2D eigenvalue weighted by molar-refractivity contribution is 0.0814. The Kier molecular flexibility index (Phi) is 7.33. The second-order valence-electron chi connectivity index (χ2n) is 10.9. The maximum absolute atomic E-state index is 15.1. The molecule has 202 valence electrons. The second-order valence-corrected chi connectivity index (χ2v) is 16.5. The van der Waals surface area contributed by atoms with Crippen LogP contribution in [0.1, 0.15) is 21.6 Å². The molecule has 0 fully saturated rings. The molecule has 0 aliphatic carbocycles. The molecule has 2 heterocycles. The lowest BCUT2D eigenvalue weighted by Crippen LogP contribution is -2.22. The van der Waals surface area contributed by atoms with Crippen LogP contribution in [0.2, 0.25) is 25.7 Å². The van der Waals surface area contributed by atoms with Gasteiger partial charge in [-0.05, 0) is 29.8 Å². The third-order valence-corrected chi connectivity index (χ3v) is 8.38. The van der Waals surface area contributed by atoms with Gasteiger partial charge >= 0.3 is 0 Å². The van der Waals surface area contributed by atoms with Gasteiger partial charge in [0.25, 0.3) is 5.91 Å². The zero-order valence-corrected chi connectivity index (χ0v) is 23.5. The quantitative estimate of drug-likeness (QED) is 0.172. The predicted molar refractivity (Wildman–Crippen MR) is 152 cm³/mol. The number of amides is 1. The molecule has 1 amide bonds. The Bertz CT molecular complexity index is 1660. The van der Waals surface area contributed by atoms with Crippen LogP contribution in [0.3, 0.4) is 0 Å². The van der Waals surface area contributed by atoms with Gasteiger partial charge in [-0.15, -0.1) is 0 Å². The number of hydrogen-bond acceptors (Lipinski definition) is 4. The van der Waals surface area contributed by atoms with Crippen molar-refractivity contribution >= 4 is 41.5 Å². The molecule has 0 spiro atoms. The number of aromatic nitrogens is 4. The first kappa shape index (κ1) is 26.7. The van der Waals surface area contributed by atoms with Crippen LogP contribution in [0.5, 0.6) is 0 Å². The summed E-state index contributed by atoms with van der Waals surface area (Å²) in [7, 11) is 0.363. The summed E-state index contributed by atoms with van der Waals surface area (Å²) >= 11 is 0. The Labute approximate surface area is 226 Å². The Morgan fingerprint density at radius 2 is 1.79 bits per heavy atom.